The molecule has 0 saturated carbocycles. The van der Waals surface area contributed by atoms with Gasteiger partial charge in [-0.3, -0.25) is 9.59 Å². The van der Waals surface area contributed by atoms with Crippen LogP contribution in [-0.2, 0) is 9.84 Å². The number of aromatic amines is 1. The third-order valence-electron chi connectivity index (χ3n) is 3.08. The summed E-state index contributed by atoms with van der Waals surface area (Å²) in [5.41, 5.74) is 4.73. The number of nitrogens with zero attached hydrogens (tertiary/aromatic N) is 1. The van der Waals surface area contributed by atoms with Gasteiger partial charge < -0.3 is 5.73 Å². The van der Waals surface area contributed by atoms with Crippen molar-refractivity contribution in [3.05, 3.63) is 51.1 Å². The molecule has 1 aromatic carbocycles. The Bertz CT molecular complexity index is 1050. The third-order valence-corrected chi connectivity index (χ3v) is 5.90. The molecule has 0 atom stereocenters. The van der Waals surface area contributed by atoms with Crippen molar-refractivity contribution in [1.29, 1.82) is 0 Å². The van der Waals surface area contributed by atoms with Crippen molar-refractivity contribution in [3.8, 4) is 0 Å². The van der Waals surface area contributed by atoms with E-state index in [9.17, 15) is 18.0 Å². The lowest BCUT2D eigenvalue weighted by molar-refractivity contribution is 0.100. The average molecular weight is 335 g/mol. The van der Waals surface area contributed by atoms with Crippen molar-refractivity contribution in [2.45, 2.75) is 9.79 Å². The fourth-order valence-corrected chi connectivity index (χ4v) is 4.39. The van der Waals surface area contributed by atoms with Crippen molar-refractivity contribution in [3.63, 3.8) is 0 Å². The second-order valence-corrected chi connectivity index (χ2v) is 7.32. The van der Waals surface area contributed by atoms with Gasteiger partial charge in [-0.05, 0) is 24.3 Å². The highest BCUT2D eigenvalue weighted by molar-refractivity contribution is 7.91. The van der Waals surface area contributed by atoms with Crippen LogP contribution in [0.15, 0.2) is 50.4 Å². The van der Waals surface area contributed by atoms with Gasteiger partial charge in [0.15, 0.2) is 0 Å². The smallest absolute Gasteiger partial charge is 0.272 e. The molecule has 0 fully saturated rings. The molecule has 0 bridgehead atoms. The molecule has 0 aliphatic rings. The van der Waals surface area contributed by atoms with E-state index in [-0.39, 0.29) is 14.7 Å². The second kappa shape index (κ2) is 5.04. The molecule has 0 radical (unpaired) electrons. The van der Waals surface area contributed by atoms with E-state index < -0.39 is 21.3 Å². The van der Waals surface area contributed by atoms with Gasteiger partial charge in [0.25, 0.3) is 11.5 Å². The highest BCUT2D eigenvalue weighted by Crippen LogP contribution is 2.27. The number of sulfone groups is 1. The number of nitrogens with one attached hydrogen (secondary N) is 1. The fourth-order valence-electron chi connectivity index (χ4n) is 1.97. The zero-order valence-corrected chi connectivity index (χ0v) is 12.6. The van der Waals surface area contributed by atoms with Crippen LogP contribution in [0, 0.1) is 0 Å². The van der Waals surface area contributed by atoms with Crippen molar-refractivity contribution in [2.24, 2.45) is 5.73 Å². The lowest BCUT2D eigenvalue weighted by Gasteiger charge is -2.03. The summed E-state index contributed by atoms with van der Waals surface area (Å²) in [7, 11) is -3.79. The molecule has 0 saturated heterocycles. The molecule has 22 heavy (non-hydrogen) atoms. The minimum Gasteiger partial charge on any atom is -0.365 e. The number of amides is 1. The van der Waals surface area contributed by atoms with Crippen molar-refractivity contribution < 1.29 is 13.2 Å². The molecule has 0 aliphatic carbocycles. The maximum atomic E-state index is 12.5. The summed E-state index contributed by atoms with van der Waals surface area (Å²) in [5.74, 6) is -0.680. The van der Waals surface area contributed by atoms with Gasteiger partial charge in [0.2, 0.25) is 9.84 Å². The Morgan fingerprint density at radius 3 is 2.68 bits per heavy atom. The highest BCUT2D eigenvalue weighted by atomic mass is 32.2. The van der Waals surface area contributed by atoms with E-state index in [2.05, 4.69) is 10.2 Å². The van der Waals surface area contributed by atoms with Gasteiger partial charge in [0.05, 0.1) is 26.3 Å². The minimum absolute atomic E-state index is 0.0107. The van der Waals surface area contributed by atoms with Crippen LogP contribution in [0.2, 0.25) is 0 Å². The van der Waals surface area contributed by atoms with Gasteiger partial charge >= 0.3 is 0 Å². The Labute approximate surface area is 128 Å². The average Bonchev–Trinajstić information content (AvgIpc) is 2.98. The molecule has 3 rings (SSSR count). The van der Waals surface area contributed by atoms with E-state index in [0.717, 1.165) is 11.3 Å². The number of hydrogen-bond donors (Lipinski definition) is 2. The number of rotatable bonds is 3. The van der Waals surface area contributed by atoms with E-state index in [1.165, 1.54) is 35.8 Å². The monoisotopic (exact) mass is 335 g/mol. The fraction of sp³-hybridized carbons (Fsp3) is 0. The maximum absolute atomic E-state index is 12.5. The van der Waals surface area contributed by atoms with Crippen LogP contribution < -0.4 is 11.3 Å². The van der Waals surface area contributed by atoms with Gasteiger partial charge in [-0.2, -0.15) is 5.10 Å². The van der Waals surface area contributed by atoms with Gasteiger partial charge in [-0.25, -0.2) is 13.5 Å². The van der Waals surface area contributed by atoms with E-state index in [4.69, 9.17) is 5.73 Å². The summed E-state index contributed by atoms with van der Waals surface area (Å²) in [6.07, 6.45) is 1.37. The normalized spacial score (nSPS) is 11.6. The first-order chi connectivity index (χ1) is 10.4. The number of aromatic nitrogens is 2. The number of carbonyl (C=O) groups is 1. The molecule has 9 heteroatoms. The first-order valence-electron chi connectivity index (χ1n) is 6.00. The number of benzene rings is 1. The Morgan fingerprint density at radius 1 is 1.23 bits per heavy atom. The van der Waals surface area contributed by atoms with E-state index >= 15 is 0 Å². The third kappa shape index (κ3) is 2.30. The number of primary amides is 1. The second-order valence-electron chi connectivity index (χ2n) is 4.46. The summed E-state index contributed by atoms with van der Waals surface area (Å²) in [4.78, 5) is 22.8. The zero-order chi connectivity index (χ0) is 15.9. The number of fused-ring (bicyclic) bond motifs is 1. The summed E-state index contributed by atoms with van der Waals surface area (Å²) >= 11 is 0.964. The standard InChI is InChI=1S/C13H9N3O4S2/c14-12(17)11-4-9(6-21-11)22(19,20)8-1-2-10-7(3-8)5-15-16-13(10)18/h1-6H,(H2,14,17)(H,16,18). The predicted octanol–water partition coefficient (Wildman–Crippen LogP) is 0.916. The molecule has 0 spiro atoms. The van der Waals surface area contributed by atoms with Crippen LogP contribution in [0.25, 0.3) is 10.8 Å². The minimum atomic E-state index is -3.79. The summed E-state index contributed by atoms with van der Waals surface area (Å²) in [6.45, 7) is 0. The Kier molecular flexibility index (Phi) is 3.30. The number of nitrogens with two attached hydrogens (primary N) is 1. The number of H-pyrrole nitrogens is 1. The van der Waals surface area contributed by atoms with Gasteiger partial charge in [-0.15, -0.1) is 11.3 Å². The summed E-state index contributed by atoms with van der Waals surface area (Å²) in [5, 5.41) is 8.03. The molecule has 112 valence electrons. The van der Waals surface area contributed by atoms with Crippen LogP contribution in [0.1, 0.15) is 9.67 Å². The zero-order valence-electron chi connectivity index (χ0n) is 10.9. The first-order valence-corrected chi connectivity index (χ1v) is 8.37. The Balaban J connectivity index is 2.16. The van der Waals surface area contributed by atoms with Crippen LogP contribution >= 0.6 is 11.3 Å². The molecule has 1 amide bonds. The molecule has 3 N–H and O–H groups in total. The summed E-state index contributed by atoms with van der Waals surface area (Å²) < 4.78 is 25.1. The van der Waals surface area contributed by atoms with Gasteiger partial charge in [0, 0.05) is 10.8 Å². The molecule has 0 aliphatic heterocycles. The van der Waals surface area contributed by atoms with Gasteiger partial charge in [0.1, 0.15) is 0 Å². The SMILES string of the molecule is NC(=O)c1cc(S(=O)(=O)c2ccc3c(=O)[nH]ncc3c2)cs1. The first kappa shape index (κ1) is 14.4. The molecule has 2 aromatic heterocycles. The molecular formula is C13H9N3O4S2. The van der Waals surface area contributed by atoms with Crippen LogP contribution in [0.4, 0.5) is 0 Å². The lowest BCUT2D eigenvalue weighted by atomic mass is 10.2. The van der Waals surface area contributed by atoms with Crippen molar-refractivity contribution in [2.75, 3.05) is 0 Å². The number of hydrogen-bond acceptors (Lipinski definition) is 6. The maximum Gasteiger partial charge on any atom is 0.272 e. The topological polar surface area (TPSA) is 123 Å². The highest BCUT2D eigenvalue weighted by Gasteiger charge is 2.21. The quantitative estimate of drug-likeness (QED) is 0.736. The number of carbonyl (C=O) groups excluding carboxylic acids is 1. The molecule has 0 unspecified atom stereocenters. The predicted molar refractivity (Wildman–Crippen MR) is 80.7 cm³/mol. The molecule has 3 aromatic rings. The van der Waals surface area contributed by atoms with Crippen LogP contribution in [0.3, 0.4) is 0 Å². The number of thiophene rings is 1. The summed E-state index contributed by atoms with van der Waals surface area (Å²) in [6, 6.07) is 5.37. The lowest BCUT2D eigenvalue weighted by Crippen LogP contribution is -2.09. The Hall–Kier alpha value is -2.52. The van der Waals surface area contributed by atoms with Crippen molar-refractivity contribution >= 4 is 37.9 Å². The van der Waals surface area contributed by atoms with Gasteiger partial charge in [-0.1, -0.05) is 0 Å². The van der Waals surface area contributed by atoms with E-state index in [0.29, 0.717) is 10.8 Å². The van der Waals surface area contributed by atoms with Crippen LogP contribution in [0.5, 0.6) is 0 Å². The van der Waals surface area contributed by atoms with E-state index in [1.807, 2.05) is 0 Å². The molecule has 7 nitrogen and oxygen atoms in total. The van der Waals surface area contributed by atoms with Crippen LogP contribution in [-0.4, -0.2) is 24.5 Å². The largest absolute Gasteiger partial charge is 0.365 e. The molecule has 2 heterocycles. The van der Waals surface area contributed by atoms with E-state index in [1.54, 1.807) is 0 Å². The van der Waals surface area contributed by atoms with Crippen molar-refractivity contribution in [1.82, 2.24) is 10.2 Å². The Morgan fingerprint density at radius 2 is 2.00 bits per heavy atom. The molecular weight excluding hydrogens is 326 g/mol.